The third kappa shape index (κ3) is 15.9. The monoisotopic (exact) mass is 231 g/mol. The van der Waals surface area contributed by atoms with Gasteiger partial charge in [-0.1, -0.05) is 27.2 Å². The zero-order valence-corrected chi connectivity index (χ0v) is 11.5. The van der Waals surface area contributed by atoms with Gasteiger partial charge in [0.25, 0.3) is 0 Å². The lowest BCUT2D eigenvalue weighted by molar-refractivity contribution is -0.137. The average molecular weight is 231 g/mol. The number of carbonyl (C=O) groups is 1. The zero-order valence-electron chi connectivity index (χ0n) is 11.5. The standard InChI is InChI=1S/C8H19N.C5H10O2/c1-5-7(3)9-8(4)6-2;1-2-3-4-5(6)7/h7-9H,5-6H2,1-4H3;2-4H2,1H3,(H,6,7). The average Bonchev–Trinajstić information content (AvgIpc) is 2.26. The fourth-order valence-corrected chi connectivity index (χ4v) is 1.05. The number of nitrogens with one attached hydrogen (secondary N) is 1. The molecule has 0 spiro atoms. The van der Waals surface area contributed by atoms with Gasteiger partial charge in [0, 0.05) is 18.5 Å². The zero-order chi connectivity index (χ0) is 13.0. The van der Waals surface area contributed by atoms with Crippen LogP contribution in [0.2, 0.25) is 0 Å². The first-order valence-corrected chi connectivity index (χ1v) is 6.45. The Morgan fingerprint density at radius 1 is 1.12 bits per heavy atom. The molecule has 3 nitrogen and oxygen atoms in total. The maximum absolute atomic E-state index is 9.76. The van der Waals surface area contributed by atoms with Crippen molar-refractivity contribution >= 4 is 5.97 Å². The fourth-order valence-electron chi connectivity index (χ4n) is 1.05. The predicted octanol–water partition coefficient (Wildman–Crippen LogP) is 3.43. The van der Waals surface area contributed by atoms with Crippen LogP contribution in [-0.4, -0.2) is 23.2 Å². The van der Waals surface area contributed by atoms with Gasteiger partial charge in [0.15, 0.2) is 0 Å². The lowest BCUT2D eigenvalue weighted by atomic mass is 10.2. The van der Waals surface area contributed by atoms with E-state index in [1.807, 2.05) is 6.92 Å². The number of hydrogen-bond acceptors (Lipinski definition) is 2. The molecule has 0 aliphatic rings. The summed E-state index contributed by atoms with van der Waals surface area (Å²) in [6.45, 7) is 10.8. The SMILES string of the molecule is CCC(C)NC(C)CC.CCCCC(=O)O. The third-order valence-corrected chi connectivity index (χ3v) is 2.54. The summed E-state index contributed by atoms with van der Waals surface area (Å²) in [6.07, 6.45) is 4.53. The van der Waals surface area contributed by atoms with Crippen molar-refractivity contribution in [3.63, 3.8) is 0 Å². The molecule has 2 N–H and O–H groups in total. The van der Waals surface area contributed by atoms with Gasteiger partial charge in [-0.2, -0.15) is 0 Å². The summed E-state index contributed by atoms with van der Waals surface area (Å²) >= 11 is 0. The molecule has 0 rings (SSSR count). The Morgan fingerprint density at radius 3 is 1.75 bits per heavy atom. The molecule has 0 heterocycles. The quantitative estimate of drug-likeness (QED) is 0.705. The van der Waals surface area contributed by atoms with Crippen LogP contribution < -0.4 is 5.32 Å². The van der Waals surface area contributed by atoms with Crippen LogP contribution in [-0.2, 0) is 4.79 Å². The summed E-state index contributed by atoms with van der Waals surface area (Å²) in [6, 6.07) is 1.36. The van der Waals surface area contributed by atoms with Crippen LogP contribution in [0.3, 0.4) is 0 Å². The van der Waals surface area contributed by atoms with Crippen LogP contribution in [0.5, 0.6) is 0 Å². The molecular weight excluding hydrogens is 202 g/mol. The Hall–Kier alpha value is -0.570. The second kappa shape index (κ2) is 12.5. The van der Waals surface area contributed by atoms with Crippen LogP contribution in [0.1, 0.15) is 66.7 Å². The molecule has 0 fully saturated rings. The highest BCUT2D eigenvalue weighted by Crippen LogP contribution is 1.94. The molecule has 2 unspecified atom stereocenters. The Balaban J connectivity index is 0. The Morgan fingerprint density at radius 2 is 1.56 bits per heavy atom. The third-order valence-electron chi connectivity index (χ3n) is 2.54. The van der Waals surface area contributed by atoms with Crippen LogP contribution in [0.4, 0.5) is 0 Å². The van der Waals surface area contributed by atoms with Gasteiger partial charge in [0.2, 0.25) is 0 Å². The second-order valence-electron chi connectivity index (χ2n) is 4.28. The summed E-state index contributed by atoms with van der Waals surface area (Å²) in [5.41, 5.74) is 0. The Labute approximate surface area is 101 Å². The van der Waals surface area contributed by atoms with Crippen molar-refractivity contribution in [3.05, 3.63) is 0 Å². The van der Waals surface area contributed by atoms with E-state index in [4.69, 9.17) is 5.11 Å². The number of carboxylic acid groups (broad SMARTS) is 1. The van der Waals surface area contributed by atoms with E-state index in [-0.39, 0.29) is 0 Å². The van der Waals surface area contributed by atoms with E-state index in [1.165, 1.54) is 12.8 Å². The largest absolute Gasteiger partial charge is 0.481 e. The summed E-state index contributed by atoms with van der Waals surface area (Å²) in [5.74, 6) is -0.693. The molecular formula is C13H29NO2. The lowest BCUT2D eigenvalue weighted by Crippen LogP contribution is -2.33. The molecule has 0 aliphatic carbocycles. The normalized spacial score (nSPS) is 13.6. The molecule has 0 aromatic heterocycles. The number of carboxylic acids is 1. The van der Waals surface area contributed by atoms with Crippen molar-refractivity contribution in [2.24, 2.45) is 0 Å². The molecule has 3 heteroatoms. The summed E-state index contributed by atoms with van der Waals surface area (Å²) in [7, 11) is 0. The number of unbranched alkanes of at least 4 members (excludes halogenated alkanes) is 1. The van der Waals surface area contributed by atoms with Crippen molar-refractivity contribution < 1.29 is 9.90 Å². The van der Waals surface area contributed by atoms with Gasteiger partial charge in [0.1, 0.15) is 0 Å². The van der Waals surface area contributed by atoms with E-state index >= 15 is 0 Å². The minimum atomic E-state index is -0.693. The van der Waals surface area contributed by atoms with E-state index in [9.17, 15) is 4.79 Å². The molecule has 2 atom stereocenters. The van der Waals surface area contributed by atoms with Crippen molar-refractivity contribution in [1.82, 2.24) is 5.32 Å². The minimum Gasteiger partial charge on any atom is -0.481 e. The maximum atomic E-state index is 9.76. The summed E-state index contributed by atoms with van der Waals surface area (Å²) < 4.78 is 0. The maximum Gasteiger partial charge on any atom is 0.303 e. The minimum absolute atomic E-state index is 0.316. The second-order valence-corrected chi connectivity index (χ2v) is 4.28. The van der Waals surface area contributed by atoms with Gasteiger partial charge < -0.3 is 10.4 Å². The van der Waals surface area contributed by atoms with Crippen molar-refractivity contribution in [1.29, 1.82) is 0 Å². The summed E-state index contributed by atoms with van der Waals surface area (Å²) in [5, 5.41) is 11.5. The molecule has 0 saturated carbocycles. The Kier molecular flexibility index (Phi) is 13.9. The molecule has 0 saturated heterocycles. The molecule has 0 aromatic rings. The van der Waals surface area contributed by atoms with E-state index in [2.05, 4.69) is 33.0 Å². The first kappa shape index (κ1) is 17.8. The molecule has 0 radical (unpaired) electrons. The molecule has 0 aromatic carbocycles. The highest BCUT2D eigenvalue weighted by atomic mass is 16.4. The number of aliphatic carboxylic acids is 1. The lowest BCUT2D eigenvalue weighted by Gasteiger charge is -2.16. The van der Waals surface area contributed by atoms with Gasteiger partial charge in [-0.25, -0.2) is 0 Å². The molecule has 16 heavy (non-hydrogen) atoms. The first-order valence-electron chi connectivity index (χ1n) is 6.45. The highest BCUT2D eigenvalue weighted by molar-refractivity contribution is 5.66. The molecule has 0 amide bonds. The van der Waals surface area contributed by atoms with E-state index in [1.54, 1.807) is 0 Å². The topological polar surface area (TPSA) is 49.3 Å². The van der Waals surface area contributed by atoms with Gasteiger partial charge in [-0.15, -0.1) is 0 Å². The van der Waals surface area contributed by atoms with Crippen LogP contribution in [0.15, 0.2) is 0 Å². The van der Waals surface area contributed by atoms with Gasteiger partial charge in [-0.05, 0) is 33.1 Å². The first-order chi connectivity index (χ1) is 7.47. The van der Waals surface area contributed by atoms with Crippen molar-refractivity contribution in [2.75, 3.05) is 0 Å². The Bertz CT molecular complexity index is 152. The van der Waals surface area contributed by atoms with E-state index in [0.29, 0.717) is 18.5 Å². The van der Waals surface area contributed by atoms with Crippen LogP contribution in [0, 0.1) is 0 Å². The fraction of sp³-hybridized carbons (Fsp3) is 0.923. The van der Waals surface area contributed by atoms with E-state index in [0.717, 1.165) is 12.8 Å². The van der Waals surface area contributed by atoms with Crippen LogP contribution >= 0.6 is 0 Å². The van der Waals surface area contributed by atoms with E-state index < -0.39 is 5.97 Å². The predicted molar refractivity (Wildman–Crippen MR) is 69.8 cm³/mol. The molecule has 0 bridgehead atoms. The van der Waals surface area contributed by atoms with Crippen molar-refractivity contribution in [2.45, 2.75) is 78.8 Å². The number of hydrogen-bond donors (Lipinski definition) is 2. The van der Waals surface area contributed by atoms with Gasteiger partial charge >= 0.3 is 5.97 Å². The smallest absolute Gasteiger partial charge is 0.303 e. The van der Waals surface area contributed by atoms with Gasteiger partial charge in [-0.3, -0.25) is 4.79 Å². The summed E-state index contributed by atoms with van der Waals surface area (Å²) in [4.78, 5) is 9.76. The molecule has 98 valence electrons. The van der Waals surface area contributed by atoms with Gasteiger partial charge in [0.05, 0.1) is 0 Å². The number of rotatable bonds is 7. The molecule has 0 aliphatic heterocycles. The van der Waals surface area contributed by atoms with Crippen molar-refractivity contribution in [3.8, 4) is 0 Å². The highest BCUT2D eigenvalue weighted by Gasteiger charge is 2.00. The van der Waals surface area contributed by atoms with Crippen LogP contribution in [0.25, 0.3) is 0 Å².